The second-order valence-corrected chi connectivity index (χ2v) is 9.54. The van der Waals surface area contributed by atoms with Crippen LogP contribution in [0, 0.1) is 20.2 Å². The molecule has 0 spiro atoms. The molecule has 1 N–H and O–H groups in total. The third-order valence-corrected chi connectivity index (χ3v) is 7.13. The van der Waals surface area contributed by atoms with Gasteiger partial charge in [-0.25, -0.2) is 8.42 Å². The van der Waals surface area contributed by atoms with E-state index in [1.165, 1.54) is 30.3 Å². The van der Waals surface area contributed by atoms with E-state index in [1.54, 1.807) is 0 Å². The van der Waals surface area contributed by atoms with Gasteiger partial charge in [0.05, 0.1) is 25.7 Å². The molecule has 0 fully saturated rings. The van der Waals surface area contributed by atoms with E-state index in [-0.39, 0.29) is 15.5 Å². The fourth-order valence-corrected chi connectivity index (χ4v) is 4.98. The summed E-state index contributed by atoms with van der Waals surface area (Å²) in [6.07, 6.45) is 0. The van der Waals surface area contributed by atoms with Gasteiger partial charge >= 0.3 is 0 Å². The van der Waals surface area contributed by atoms with Crippen molar-refractivity contribution in [2.75, 3.05) is 5.32 Å². The second kappa shape index (κ2) is 9.74. The highest BCUT2D eigenvalue weighted by Crippen LogP contribution is 2.35. The lowest BCUT2D eigenvalue weighted by Gasteiger charge is -2.21. The van der Waals surface area contributed by atoms with Crippen LogP contribution in [0.1, 0.15) is 17.2 Å². The van der Waals surface area contributed by atoms with Crippen molar-refractivity contribution in [3.63, 3.8) is 0 Å². The van der Waals surface area contributed by atoms with Crippen LogP contribution in [-0.4, -0.2) is 18.3 Å². The van der Waals surface area contributed by atoms with E-state index < -0.39 is 37.1 Å². The van der Waals surface area contributed by atoms with Gasteiger partial charge in [-0.2, -0.15) is 0 Å². The van der Waals surface area contributed by atoms with Gasteiger partial charge in [0.2, 0.25) is 9.84 Å². The van der Waals surface area contributed by atoms with Crippen molar-refractivity contribution < 1.29 is 18.3 Å². The summed E-state index contributed by atoms with van der Waals surface area (Å²) in [5.74, 6) is 0. The fraction of sp³-hybridized carbons (Fsp3) is 0.0400. The van der Waals surface area contributed by atoms with Gasteiger partial charge in [0, 0.05) is 18.2 Å². The van der Waals surface area contributed by atoms with Gasteiger partial charge in [-0.3, -0.25) is 20.2 Å². The van der Waals surface area contributed by atoms with Gasteiger partial charge < -0.3 is 5.32 Å². The summed E-state index contributed by atoms with van der Waals surface area (Å²) in [7, 11) is -4.24. The van der Waals surface area contributed by atoms with E-state index in [0.29, 0.717) is 0 Å². The molecule has 0 aliphatic carbocycles. The number of sulfone groups is 1. The molecule has 0 unspecified atom stereocenters. The highest BCUT2D eigenvalue weighted by molar-refractivity contribution is 7.91. The zero-order valence-corrected chi connectivity index (χ0v) is 19.0. The average molecular weight is 490 g/mol. The van der Waals surface area contributed by atoms with Crippen LogP contribution in [0.5, 0.6) is 0 Å². The van der Waals surface area contributed by atoms with Gasteiger partial charge in [0.25, 0.3) is 11.4 Å². The van der Waals surface area contributed by atoms with E-state index in [0.717, 1.165) is 23.3 Å². The van der Waals surface area contributed by atoms with Crippen molar-refractivity contribution in [3.8, 4) is 0 Å². The SMILES string of the molecule is O=[N+]([O-])c1cccc(S(=O)(=O)c2ccc(NC(c3ccccc3)c3ccccc3)c([N+](=O)[O-])c2)c1. The highest BCUT2D eigenvalue weighted by Gasteiger charge is 2.26. The van der Waals surface area contributed by atoms with Crippen LogP contribution >= 0.6 is 0 Å². The first-order chi connectivity index (χ1) is 16.8. The summed E-state index contributed by atoms with van der Waals surface area (Å²) in [6.45, 7) is 0. The van der Waals surface area contributed by atoms with Crippen LogP contribution < -0.4 is 5.32 Å². The van der Waals surface area contributed by atoms with Crippen molar-refractivity contribution in [1.82, 2.24) is 0 Å². The van der Waals surface area contributed by atoms with E-state index in [9.17, 15) is 28.6 Å². The molecule has 10 heteroatoms. The number of nitrogens with zero attached hydrogens (tertiary/aromatic N) is 2. The van der Waals surface area contributed by atoms with Crippen LogP contribution in [0.4, 0.5) is 17.1 Å². The molecule has 4 aromatic rings. The zero-order valence-electron chi connectivity index (χ0n) is 18.1. The number of nitro groups is 2. The van der Waals surface area contributed by atoms with Gasteiger partial charge in [0.1, 0.15) is 5.69 Å². The predicted octanol–water partition coefficient (Wildman–Crippen LogP) is 5.54. The monoisotopic (exact) mass is 489 g/mol. The topological polar surface area (TPSA) is 132 Å². The minimum Gasteiger partial charge on any atom is -0.369 e. The molecule has 0 aromatic heterocycles. The van der Waals surface area contributed by atoms with Gasteiger partial charge in [-0.1, -0.05) is 66.7 Å². The number of benzene rings is 4. The zero-order chi connectivity index (χ0) is 25.0. The third-order valence-electron chi connectivity index (χ3n) is 5.38. The molecule has 176 valence electrons. The number of nitrogens with one attached hydrogen (secondary N) is 1. The summed E-state index contributed by atoms with van der Waals surface area (Å²) < 4.78 is 26.2. The molecule has 0 saturated heterocycles. The molecule has 0 amide bonds. The Balaban J connectivity index is 1.77. The molecule has 0 aliphatic heterocycles. The molecule has 4 aromatic carbocycles. The molecule has 9 nitrogen and oxygen atoms in total. The third kappa shape index (κ3) is 5.02. The number of nitro benzene ring substituents is 2. The Kier molecular flexibility index (Phi) is 6.56. The van der Waals surface area contributed by atoms with Crippen molar-refractivity contribution >= 4 is 26.9 Å². The first-order valence-corrected chi connectivity index (χ1v) is 11.9. The molecule has 35 heavy (non-hydrogen) atoms. The first kappa shape index (κ1) is 23.6. The van der Waals surface area contributed by atoms with Crippen LogP contribution in [0.2, 0.25) is 0 Å². The number of anilines is 1. The number of non-ortho nitro benzene ring substituents is 1. The maximum absolute atomic E-state index is 13.1. The molecule has 4 rings (SSSR count). The smallest absolute Gasteiger partial charge is 0.293 e. The Labute approximate surface area is 200 Å². The van der Waals surface area contributed by atoms with Crippen LogP contribution in [0.25, 0.3) is 0 Å². The lowest BCUT2D eigenvalue weighted by molar-refractivity contribution is -0.385. The summed E-state index contributed by atoms with van der Waals surface area (Å²) in [5, 5.41) is 26.1. The van der Waals surface area contributed by atoms with Crippen molar-refractivity contribution in [1.29, 1.82) is 0 Å². The molecule has 0 radical (unpaired) electrons. The van der Waals surface area contributed by atoms with E-state index >= 15 is 0 Å². The largest absolute Gasteiger partial charge is 0.369 e. The second-order valence-electron chi connectivity index (χ2n) is 7.59. The number of hydrogen-bond donors (Lipinski definition) is 1. The summed E-state index contributed by atoms with van der Waals surface area (Å²) >= 11 is 0. The summed E-state index contributed by atoms with van der Waals surface area (Å²) in [6, 6.07) is 26.4. The highest BCUT2D eigenvalue weighted by atomic mass is 32.2. The maximum atomic E-state index is 13.1. The van der Waals surface area contributed by atoms with Gasteiger partial charge in [0.15, 0.2) is 0 Å². The van der Waals surface area contributed by atoms with E-state index in [1.807, 2.05) is 60.7 Å². The predicted molar refractivity (Wildman–Crippen MR) is 130 cm³/mol. The van der Waals surface area contributed by atoms with Crippen LogP contribution in [0.3, 0.4) is 0 Å². The molecule has 0 heterocycles. The summed E-state index contributed by atoms with van der Waals surface area (Å²) in [4.78, 5) is 20.9. The van der Waals surface area contributed by atoms with E-state index in [2.05, 4.69) is 5.32 Å². The lowest BCUT2D eigenvalue weighted by atomic mass is 9.98. The Morgan fingerprint density at radius 1 is 0.657 bits per heavy atom. The van der Waals surface area contributed by atoms with Crippen LogP contribution in [-0.2, 0) is 9.84 Å². The summed E-state index contributed by atoms with van der Waals surface area (Å²) in [5.41, 5.74) is 1.02. The minimum atomic E-state index is -4.24. The van der Waals surface area contributed by atoms with Crippen molar-refractivity contribution in [3.05, 3.63) is 134 Å². The molecule has 0 aliphatic rings. The maximum Gasteiger partial charge on any atom is 0.293 e. The number of hydrogen-bond acceptors (Lipinski definition) is 7. The minimum absolute atomic E-state index is 0.130. The average Bonchev–Trinajstić information content (AvgIpc) is 2.88. The molecule has 0 atom stereocenters. The van der Waals surface area contributed by atoms with Crippen molar-refractivity contribution in [2.45, 2.75) is 15.8 Å². The number of rotatable bonds is 8. The molecular formula is C25H19N3O6S. The molecular weight excluding hydrogens is 470 g/mol. The molecule has 0 bridgehead atoms. The molecule has 0 saturated carbocycles. The van der Waals surface area contributed by atoms with Gasteiger partial charge in [-0.15, -0.1) is 0 Å². The van der Waals surface area contributed by atoms with E-state index in [4.69, 9.17) is 0 Å². The lowest BCUT2D eigenvalue weighted by Crippen LogP contribution is -2.14. The Morgan fingerprint density at radius 3 is 1.77 bits per heavy atom. The standard InChI is InChI=1S/C25H19N3O6S/c29-27(30)20-12-7-13-21(16-20)35(33,34)22-14-15-23(24(17-22)28(31)32)26-25(18-8-3-1-4-9-18)19-10-5-2-6-11-19/h1-17,25-26H. The fourth-order valence-electron chi connectivity index (χ4n) is 3.66. The Hall–Kier alpha value is -4.57. The van der Waals surface area contributed by atoms with Gasteiger partial charge in [-0.05, 0) is 29.3 Å². The Bertz CT molecular complexity index is 1450. The van der Waals surface area contributed by atoms with Crippen LogP contribution in [0.15, 0.2) is 113 Å². The Morgan fingerprint density at radius 2 is 1.23 bits per heavy atom. The first-order valence-electron chi connectivity index (χ1n) is 10.4. The van der Waals surface area contributed by atoms with Crippen molar-refractivity contribution in [2.24, 2.45) is 0 Å². The normalized spacial score (nSPS) is 11.2. The quantitative estimate of drug-likeness (QED) is 0.254.